The van der Waals surface area contributed by atoms with Crippen LogP contribution < -0.4 is 0 Å². The van der Waals surface area contributed by atoms with Gasteiger partial charge in [0.05, 0.1) is 35.6 Å². The zero-order valence-electron chi connectivity index (χ0n) is 10.5. The molecule has 96 valence electrons. The summed E-state index contributed by atoms with van der Waals surface area (Å²) in [6.45, 7) is 5.31. The van der Waals surface area contributed by atoms with Gasteiger partial charge in [-0.25, -0.2) is 9.78 Å². The van der Waals surface area contributed by atoms with Crippen LogP contribution in [-0.4, -0.2) is 33.3 Å². The van der Waals surface area contributed by atoms with Gasteiger partial charge in [0.1, 0.15) is 0 Å². The van der Waals surface area contributed by atoms with Gasteiger partial charge in [-0.05, 0) is 32.0 Å². The highest BCUT2D eigenvalue weighted by Crippen LogP contribution is 2.15. The second-order valence-electron chi connectivity index (χ2n) is 4.37. The Morgan fingerprint density at radius 3 is 2.94 bits per heavy atom. The van der Waals surface area contributed by atoms with Crippen molar-refractivity contribution >= 4 is 17.0 Å². The lowest BCUT2D eigenvalue weighted by atomic mass is 10.2. The number of nitrogens with zero attached hydrogens (tertiary/aromatic N) is 2. The predicted octanol–water partition coefficient (Wildman–Crippen LogP) is 2.16. The van der Waals surface area contributed by atoms with E-state index in [0.29, 0.717) is 18.7 Å². The van der Waals surface area contributed by atoms with Crippen LogP contribution >= 0.6 is 0 Å². The lowest BCUT2D eigenvalue weighted by molar-refractivity contribution is 0.0696. The van der Waals surface area contributed by atoms with E-state index >= 15 is 0 Å². The van der Waals surface area contributed by atoms with E-state index < -0.39 is 5.97 Å². The molecular formula is C13H16N2O3. The van der Waals surface area contributed by atoms with Crippen molar-refractivity contribution in [3.63, 3.8) is 0 Å². The molecule has 0 aliphatic carbocycles. The second kappa shape index (κ2) is 5.18. The van der Waals surface area contributed by atoms with Crippen molar-refractivity contribution in [2.45, 2.75) is 26.5 Å². The molecule has 0 bridgehead atoms. The van der Waals surface area contributed by atoms with E-state index in [0.717, 1.165) is 5.52 Å². The average molecular weight is 248 g/mol. The molecule has 5 heteroatoms. The molecule has 1 aromatic carbocycles. The highest BCUT2D eigenvalue weighted by atomic mass is 16.5. The minimum absolute atomic E-state index is 0.207. The normalized spacial score (nSPS) is 11.3. The Kier molecular flexibility index (Phi) is 3.62. The first-order valence-electron chi connectivity index (χ1n) is 5.87. The quantitative estimate of drug-likeness (QED) is 0.880. The number of carboxylic acids is 1. The lowest BCUT2D eigenvalue weighted by Gasteiger charge is -2.08. The molecule has 0 aliphatic rings. The van der Waals surface area contributed by atoms with Gasteiger partial charge in [0.15, 0.2) is 0 Å². The molecule has 0 amide bonds. The van der Waals surface area contributed by atoms with Crippen molar-refractivity contribution in [2.75, 3.05) is 6.61 Å². The summed E-state index contributed by atoms with van der Waals surface area (Å²) in [5.41, 5.74) is 1.87. The minimum atomic E-state index is -0.936. The Bertz CT molecular complexity index is 560. The molecule has 0 spiro atoms. The topological polar surface area (TPSA) is 64.4 Å². The molecule has 18 heavy (non-hydrogen) atoms. The van der Waals surface area contributed by atoms with Crippen LogP contribution in [0.5, 0.6) is 0 Å². The highest BCUT2D eigenvalue weighted by Gasteiger charge is 2.07. The highest BCUT2D eigenvalue weighted by molar-refractivity contribution is 5.92. The minimum Gasteiger partial charge on any atom is -0.478 e. The van der Waals surface area contributed by atoms with Gasteiger partial charge in [0.2, 0.25) is 0 Å². The van der Waals surface area contributed by atoms with Crippen LogP contribution in [-0.2, 0) is 11.3 Å². The summed E-state index contributed by atoms with van der Waals surface area (Å²) in [5, 5.41) is 8.90. The number of imidazole rings is 1. The number of aromatic carboxylic acids is 1. The Morgan fingerprint density at radius 1 is 1.50 bits per heavy atom. The van der Waals surface area contributed by atoms with E-state index in [-0.39, 0.29) is 11.7 Å². The summed E-state index contributed by atoms with van der Waals surface area (Å²) >= 11 is 0. The molecule has 0 unspecified atom stereocenters. The molecule has 0 fully saturated rings. The maximum absolute atomic E-state index is 10.8. The van der Waals surface area contributed by atoms with Crippen molar-refractivity contribution < 1.29 is 14.6 Å². The third-order valence-corrected chi connectivity index (χ3v) is 2.65. The van der Waals surface area contributed by atoms with Gasteiger partial charge in [-0.2, -0.15) is 0 Å². The van der Waals surface area contributed by atoms with Crippen molar-refractivity contribution in [2.24, 2.45) is 0 Å². The van der Waals surface area contributed by atoms with Crippen molar-refractivity contribution in [1.29, 1.82) is 0 Å². The molecule has 0 radical (unpaired) electrons. The smallest absolute Gasteiger partial charge is 0.335 e. The maximum atomic E-state index is 10.8. The van der Waals surface area contributed by atoms with Gasteiger partial charge >= 0.3 is 5.97 Å². The molecule has 0 atom stereocenters. The summed E-state index contributed by atoms with van der Waals surface area (Å²) in [7, 11) is 0. The zero-order chi connectivity index (χ0) is 13.1. The van der Waals surface area contributed by atoms with E-state index in [2.05, 4.69) is 4.98 Å². The summed E-state index contributed by atoms with van der Waals surface area (Å²) in [6.07, 6.45) is 1.92. The average Bonchev–Trinajstić information content (AvgIpc) is 2.71. The molecule has 1 aromatic heterocycles. The molecule has 1 N–H and O–H groups in total. The van der Waals surface area contributed by atoms with Crippen LogP contribution in [0.15, 0.2) is 24.5 Å². The van der Waals surface area contributed by atoms with E-state index in [1.54, 1.807) is 24.5 Å². The summed E-state index contributed by atoms with van der Waals surface area (Å²) in [4.78, 5) is 15.0. The Morgan fingerprint density at radius 2 is 2.28 bits per heavy atom. The maximum Gasteiger partial charge on any atom is 0.335 e. The van der Waals surface area contributed by atoms with Crippen LogP contribution in [0.1, 0.15) is 24.2 Å². The van der Waals surface area contributed by atoms with E-state index in [4.69, 9.17) is 9.84 Å². The van der Waals surface area contributed by atoms with Gasteiger partial charge < -0.3 is 14.4 Å². The van der Waals surface area contributed by atoms with Crippen LogP contribution in [0.4, 0.5) is 0 Å². The number of carbonyl (C=O) groups is 1. The molecule has 2 rings (SSSR count). The van der Waals surface area contributed by atoms with E-state index in [9.17, 15) is 4.79 Å². The van der Waals surface area contributed by atoms with Gasteiger partial charge in [-0.15, -0.1) is 0 Å². The Labute approximate surface area is 105 Å². The number of ether oxygens (including phenoxy) is 1. The van der Waals surface area contributed by atoms with E-state index in [1.165, 1.54) is 0 Å². The Hall–Kier alpha value is -1.88. The van der Waals surface area contributed by atoms with Crippen LogP contribution in [0, 0.1) is 0 Å². The number of hydrogen-bond donors (Lipinski definition) is 1. The van der Waals surface area contributed by atoms with Crippen molar-refractivity contribution in [1.82, 2.24) is 9.55 Å². The number of aromatic nitrogens is 2. The first-order chi connectivity index (χ1) is 8.58. The predicted molar refractivity (Wildman–Crippen MR) is 67.8 cm³/mol. The fourth-order valence-corrected chi connectivity index (χ4v) is 1.76. The zero-order valence-corrected chi connectivity index (χ0v) is 10.5. The number of fused-ring (bicyclic) bond motifs is 1. The molecule has 1 heterocycles. The summed E-state index contributed by atoms with van der Waals surface area (Å²) in [6, 6.07) is 4.95. The monoisotopic (exact) mass is 248 g/mol. The molecular weight excluding hydrogens is 232 g/mol. The number of carboxylic acid groups (broad SMARTS) is 1. The Balaban J connectivity index is 2.18. The van der Waals surface area contributed by atoms with Gasteiger partial charge in [0, 0.05) is 6.54 Å². The first kappa shape index (κ1) is 12.6. The SMILES string of the molecule is CC(C)OCCn1cnc2cc(C(=O)O)ccc21. The second-order valence-corrected chi connectivity index (χ2v) is 4.37. The third-order valence-electron chi connectivity index (χ3n) is 2.65. The molecule has 2 aromatic rings. The summed E-state index contributed by atoms with van der Waals surface area (Å²) < 4.78 is 7.44. The van der Waals surface area contributed by atoms with Crippen LogP contribution in [0.3, 0.4) is 0 Å². The molecule has 0 aliphatic heterocycles. The van der Waals surface area contributed by atoms with Gasteiger partial charge in [-0.3, -0.25) is 0 Å². The first-order valence-corrected chi connectivity index (χ1v) is 5.87. The lowest BCUT2D eigenvalue weighted by Crippen LogP contribution is -2.09. The number of rotatable bonds is 5. The third kappa shape index (κ3) is 2.68. The van der Waals surface area contributed by atoms with Crippen LogP contribution in [0.25, 0.3) is 11.0 Å². The van der Waals surface area contributed by atoms with E-state index in [1.807, 2.05) is 18.4 Å². The molecule has 0 saturated carbocycles. The van der Waals surface area contributed by atoms with Gasteiger partial charge in [-0.1, -0.05) is 0 Å². The number of benzene rings is 1. The standard InChI is InChI=1S/C13H16N2O3/c1-9(2)18-6-5-15-8-14-11-7-10(13(16)17)3-4-12(11)15/h3-4,7-9H,5-6H2,1-2H3,(H,16,17). The fourth-order valence-electron chi connectivity index (χ4n) is 1.76. The largest absolute Gasteiger partial charge is 0.478 e. The molecule has 5 nitrogen and oxygen atoms in total. The molecule has 0 saturated heterocycles. The van der Waals surface area contributed by atoms with Crippen LogP contribution in [0.2, 0.25) is 0 Å². The van der Waals surface area contributed by atoms with Gasteiger partial charge in [0.25, 0.3) is 0 Å². The number of hydrogen-bond acceptors (Lipinski definition) is 3. The summed E-state index contributed by atoms with van der Waals surface area (Å²) in [5.74, 6) is -0.936. The fraction of sp³-hybridized carbons (Fsp3) is 0.385. The van der Waals surface area contributed by atoms with Crippen molar-refractivity contribution in [3.8, 4) is 0 Å². The van der Waals surface area contributed by atoms with Crippen molar-refractivity contribution in [3.05, 3.63) is 30.1 Å².